The molecule has 2 aromatic carbocycles. The average molecular weight is 341 g/mol. The minimum atomic E-state index is -0.337. The molecule has 0 aliphatic carbocycles. The van der Waals surface area contributed by atoms with Crippen LogP contribution in [0, 0.1) is 12.7 Å². The summed E-state index contributed by atoms with van der Waals surface area (Å²) in [7, 11) is 0. The fourth-order valence-corrected chi connectivity index (χ4v) is 2.86. The Labute approximate surface area is 143 Å². The van der Waals surface area contributed by atoms with Crippen molar-refractivity contribution in [1.82, 2.24) is 4.98 Å². The summed E-state index contributed by atoms with van der Waals surface area (Å²) in [5.41, 5.74) is 2.60. The molecular formula is C18H16FN3OS. The number of hydrogen-bond acceptors (Lipinski definition) is 4. The summed E-state index contributed by atoms with van der Waals surface area (Å²) < 4.78 is 13.5. The Hall–Kier alpha value is -2.73. The second-order valence-corrected chi connectivity index (χ2v) is 6.18. The van der Waals surface area contributed by atoms with E-state index >= 15 is 0 Å². The van der Waals surface area contributed by atoms with Crippen LogP contribution in [0.2, 0.25) is 0 Å². The van der Waals surface area contributed by atoms with Gasteiger partial charge >= 0.3 is 0 Å². The molecule has 0 radical (unpaired) electrons. The first kappa shape index (κ1) is 16.1. The first-order valence-corrected chi connectivity index (χ1v) is 8.30. The lowest BCUT2D eigenvalue weighted by Crippen LogP contribution is -2.14. The van der Waals surface area contributed by atoms with Crippen LogP contribution in [0.5, 0.6) is 0 Å². The molecule has 6 heteroatoms. The fourth-order valence-electron chi connectivity index (χ4n) is 2.13. The number of thiazole rings is 1. The van der Waals surface area contributed by atoms with Crippen LogP contribution < -0.4 is 10.6 Å². The number of carbonyl (C=O) groups is 1. The highest BCUT2D eigenvalue weighted by Gasteiger charge is 2.09. The van der Waals surface area contributed by atoms with Crippen LogP contribution in [0.15, 0.2) is 53.9 Å². The van der Waals surface area contributed by atoms with Crippen molar-refractivity contribution in [2.75, 3.05) is 10.6 Å². The number of hydrogen-bond donors (Lipinski definition) is 2. The molecule has 122 valence electrons. The van der Waals surface area contributed by atoms with E-state index < -0.39 is 0 Å². The van der Waals surface area contributed by atoms with E-state index in [1.165, 1.54) is 17.4 Å². The van der Waals surface area contributed by atoms with Crippen LogP contribution >= 0.6 is 11.3 Å². The summed E-state index contributed by atoms with van der Waals surface area (Å²) in [6.07, 6.45) is 0.141. The molecule has 0 saturated carbocycles. The molecule has 0 unspecified atom stereocenters. The summed E-state index contributed by atoms with van der Waals surface area (Å²) in [5, 5.41) is 8.43. The van der Waals surface area contributed by atoms with E-state index in [-0.39, 0.29) is 18.1 Å². The van der Waals surface area contributed by atoms with Crippen molar-refractivity contribution >= 4 is 33.8 Å². The maximum absolute atomic E-state index is 13.5. The van der Waals surface area contributed by atoms with Crippen molar-refractivity contribution in [2.24, 2.45) is 0 Å². The lowest BCUT2D eigenvalue weighted by molar-refractivity contribution is -0.115. The zero-order valence-corrected chi connectivity index (χ0v) is 13.9. The third-order valence-corrected chi connectivity index (χ3v) is 4.18. The Morgan fingerprint density at radius 3 is 2.71 bits per heavy atom. The van der Waals surface area contributed by atoms with Crippen LogP contribution in [0.1, 0.15) is 11.3 Å². The SMILES string of the molecule is Cc1ccc(NC(=O)Cc2csc(Nc3ccccc3)n2)cc1F. The average Bonchev–Trinajstić information content (AvgIpc) is 2.99. The number of para-hydroxylation sites is 1. The number of anilines is 3. The van der Waals surface area contributed by atoms with Gasteiger partial charge in [-0.05, 0) is 36.8 Å². The highest BCUT2D eigenvalue weighted by atomic mass is 32.1. The maximum atomic E-state index is 13.5. The monoisotopic (exact) mass is 341 g/mol. The van der Waals surface area contributed by atoms with E-state index in [0.717, 1.165) is 10.8 Å². The summed E-state index contributed by atoms with van der Waals surface area (Å²) in [6.45, 7) is 1.68. The fraction of sp³-hybridized carbons (Fsp3) is 0.111. The lowest BCUT2D eigenvalue weighted by Gasteiger charge is -2.05. The number of rotatable bonds is 5. The molecule has 1 aromatic heterocycles. The number of nitrogens with one attached hydrogen (secondary N) is 2. The van der Waals surface area contributed by atoms with Crippen molar-refractivity contribution in [2.45, 2.75) is 13.3 Å². The Bertz CT molecular complexity index is 848. The quantitative estimate of drug-likeness (QED) is 0.717. The Kier molecular flexibility index (Phi) is 4.86. The number of nitrogens with zero attached hydrogens (tertiary/aromatic N) is 1. The van der Waals surface area contributed by atoms with Crippen molar-refractivity contribution in [1.29, 1.82) is 0 Å². The Balaban J connectivity index is 1.59. The van der Waals surface area contributed by atoms with Gasteiger partial charge in [0.1, 0.15) is 5.82 Å². The highest BCUT2D eigenvalue weighted by molar-refractivity contribution is 7.13. The van der Waals surface area contributed by atoms with E-state index in [2.05, 4.69) is 15.6 Å². The van der Waals surface area contributed by atoms with Gasteiger partial charge < -0.3 is 10.6 Å². The molecule has 1 amide bonds. The van der Waals surface area contributed by atoms with Crippen LogP contribution in [-0.2, 0) is 11.2 Å². The van der Waals surface area contributed by atoms with E-state index in [1.54, 1.807) is 19.1 Å². The van der Waals surface area contributed by atoms with Crippen LogP contribution in [0.25, 0.3) is 0 Å². The second-order valence-electron chi connectivity index (χ2n) is 5.32. The molecule has 0 atom stereocenters. The minimum Gasteiger partial charge on any atom is -0.332 e. The molecule has 0 fully saturated rings. The molecule has 0 bridgehead atoms. The smallest absolute Gasteiger partial charge is 0.230 e. The molecule has 0 aliphatic rings. The molecule has 4 nitrogen and oxygen atoms in total. The van der Waals surface area contributed by atoms with Gasteiger partial charge in [-0.3, -0.25) is 4.79 Å². The number of halogens is 1. The standard InChI is InChI=1S/C18H16FN3OS/c1-12-7-8-14(9-16(12)19)20-17(23)10-15-11-24-18(22-15)21-13-5-3-2-4-6-13/h2-9,11H,10H2,1H3,(H,20,23)(H,21,22). The summed E-state index contributed by atoms with van der Waals surface area (Å²) in [6, 6.07) is 14.3. The summed E-state index contributed by atoms with van der Waals surface area (Å²) >= 11 is 1.43. The van der Waals surface area contributed by atoms with Gasteiger partial charge in [-0.15, -0.1) is 11.3 Å². The number of benzene rings is 2. The normalized spacial score (nSPS) is 10.4. The van der Waals surface area contributed by atoms with E-state index in [9.17, 15) is 9.18 Å². The van der Waals surface area contributed by atoms with Crippen LogP contribution in [0.4, 0.5) is 20.9 Å². The highest BCUT2D eigenvalue weighted by Crippen LogP contribution is 2.21. The molecule has 2 N–H and O–H groups in total. The van der Waals surface area contributed by atoms with Gasteiger partial charge in [0.2, 0.25) is 5.91 Å². The topological polar surface area (TPSA) is 54.0 Å². The Morgan fingerprint density at radius 2 is 1.96 bits per heavy atom. The number of carbonyl (C=O) groups excluding carboxylic acids is 1. The lowest BCUT2D eigenvalue weighted by atomic mass is 10.2. The van der Waals surface area contributed by atoms with Gasteiger partial charge in [-0.2, -0.15) is 0 Å². The van der Waals surface area contributed by atoms with E-state index in [0.29, 0.717) is 16.9 Å². The first-order valence-electron chi connectivity index (χ1n) is 7.42. The molecule has 0 saturated heterocycles. The van der Waals surface area contributed by atoms with E-state index in [4.69, 9.17) is 0 Å². The molecule has 0 spiro atoms. The predicted octanol–water partition coefficient (Wildman–Crippen LogP) is 4.52. The first-order chi connectivity index (χ1) is 11.6. The number of aromatic nitrogens is 1. The largest absolute Gasteiger partial charge is 0.332 e. The number of amides is 1. The minimum absolute atomic E-state index is 0.141. The van der Waals surface area contributed by atoms with Crippen molar-refractivity contribution in [3.05, 3.63) is 71.0 Å². The third-order valence-electron chi connectivity index (χ3n) is 3.37. The molecular weight excluding hydrogens is 325 g/mol. The van der Waals surface area contributed by atoms with E-state index in [1.807, 2.05) is 35.7 Å². The molecule has 3 rings (SSSR count). The van der Waals surface area contributed by atoms with Crippen LogP contribution in [-0.4, -0.2) is 10.9 Å². The van der Waals surface area contributed by atoms with Crippen molar-refractivity contribution in [3.8, 4) is 0 Å². The molecule has 24 heavy (non-hydrogen) atoms. The molecule has 3 aromatic rings. The summed E-state index contributed by atoms with van der Waals surface area (Å²) in [4.78, 5) is 16.4. The van der Waals surface area contributed by atoms with Crippen LogP contribution in [0.3, 0.4) is 0 Å². The third kappa shape index (κ3) is 4.17. The van der Waals surface area contributed by atoms with Gasteiger partial charge in [0, 0.05) is 16.8 Å². The number of aryl methyl sites for hydroxylation is 1. The zero-order chi connectivity index (χ0) is 16.9. The summed E-state index contributed by atoms with van der Waals surface area (Å²) in [5.74, 6) is -0.564. The maximum Gasteiger partial charge on any atom is 0.230 e. The van der Waals surface area contributed by atoms with Gasteiger partial charge in [0.15, 0.2) is 5.13 Å². The van der Waals surface area contributed by atoms with Crippen molar-refractivity contribution < 1.29 is 9.18 Å². The molecule has 1 heterocycles. The van der Waals surface area contributed by atoms with Gasteiger partial charge in [-0.25, -0.2) is 9.37 Å². The predicted molar refractivity (Wildman–Crippen MR) is 95.3 cm³/mol. The molecule has 0 aliphatic heterocycles. The van der Waals surface area contributed by atoms with Crippen molar-refractivity contribution in [3.63, 3.8) is 0 Å². The second kappa shape index (κ2) is 7.23. The Morgan fingerprint density at radius 1 is 1.17 bits per heavy atom. The zero-order valence-electron chi connectivity index (χ0n) is 13.0. The van der Waals surface area contributed by atoms with Gasteiger partial charge in [0.05, 0.1) is 12.1 Å². The van der Waals surface area contributed by atoms with Gasteiger partial charge in [0.25, 0.3) is 0 Å². The van der Waals surface area contributed by atoms with Gasteiger partial charge in [-0.1, -0.05) is 24.3 Å².